The summed E-state index contributed by atoms with van der Waals surface area (Å²) >= 11 is 0. The second-order valence-electron chi connectivity index (χ2n) is 7.55. The average molecular weight is 523 g/mol. The van der Waals surface area contributed by atoms with Crippen molar-refractivity contribution in [1.82, 2.24) is 4.98 Å². The van der Waals surface area contributed by atoms with E-state index < -0.39 is 32.5 Å². The second-order valence-corrected chi connectivity index (χ2v) is 11.1. The molecule has 184 valence electrons. The van der Waals surface area contributed by atoms with Crippen molar-refractivity contribution in [3.63, 3.8) is 0 Å². The van der Waals surface area contributed by atoms with E-state index in [1.165, 1.54) is 48.7 Å². The Morgan fingerprint density at radius 1 is 0.722 bits per heavy atom. The third-order valence-electron chi connectivity index (χ3n) is 5.01. The number of hydrogen-bond donors (Lipinski definition) is 2. The predicted octanol–water partition coefficient (Wildman–Crippen LogP) is 3.72. The number of nitrogens with zero attached hydrogens (tertiary/aromatic N) is 2. The molecule has 1 aromatic heterocycles. The van der Waals surface area contributed by atoms with Crippen LogP contribution < -0.4 is 14.3 Å². The van der Waals surface area contributed by atoms with Crippen LogP contribution in [0.2, 0.25) is 0 Å². The predicted molar refractivity (Wildman–Crippen MR) is 138 cm³/mol. The molecule has 11 heteroatoms. The number of anilines is 3. The van der Waals surface area contributed by atoms with Crippen molar-refractivity contribution in [3.05, 3.63) is 109 Å². The minimum absolute atomic E-state index is 0.0243. The zero-order valence-corrected chi connectivity index (χ0v) is 20.5. The van der Waals surface area contributed by atoms with Crippen LogP contribution in [0.1, 0.15) is 0 Å². The fourth-order valence-electron chi connectivity index (χ4n) is 3.30. The molecule has 0 aliphatic rings. The van der Waals surface area contributed by atoms with Gasteiger partial charge in [0, 0.05) is 11.9 Å². The van der Waals surface area contributed by atoms with Crippen LogP contribution in [-0.4, -0.2) is 34.3 Å². The largest absolute Gasteiger partial charge is 0.325 e. The third-order valence-corrected chi connectivity index (χ3v) is 8.17. The van der Waals surface area contributed by atoms with Gasteiger partial charge in [-0.3, -0.25) is 13.8 Å². The number of sulfonamides is 2. The van der Waals surface area contributed by atoms with Gasteiger partial charge in [-0.15, -0.1) is 0 Å². The summed E-state index contributed by atoms with van der Waals surface area (Å²) in [6, 6.07) is 26.5. The maximum absolute atomic E-state index is 13.3. The molecule has 2 N–H and O–H groups in total. The first kappa shape index (κ1) is 24.9. The van der Waals surface area contributed by atoms with Crippen LogP contribution in [-0.2, 0) is 24.8 Å². The second kappa shape index (κ2) is 10.6. The van der Waals surface area contributed by atoms with Gasteiger partial charge < -0.3 is 5.32 Å². The molecule has 0 spiro atoms. The molecule has 0 bridgehead atoms. The molecular formula is C25H22N4O5S2. The van der Waals surface area contributed by atoms with E-state index in [9.17, 15) is 21.6 Å². The molecule has 3 aromatic carbocycles. The number of aromatic nitrogens is 1. The van der Waals surface area contributed by atoms with Gasteiger partial charge in [-0.05, 0) is 60.7 Å². The summed E-state index contributed by atoms with van der Waals surface area (Å²) in [6.45, 7) is -0.484. The van der Waals surface area contributed by atoms with E-state index in [1.807, 2.05) is 0 Å². The zero-order chi connectivity index (χ0) is 25.6. The highest BCUT2D eigenvalue weighted by Gasteiger charge is 2.27. The number of carbonyl (C=O) groups excluding carboxylic acids is 1. The van der Waals surface area contributed by atoms with Crippen LogP contribution >= 0.6 is 0 Å². The molecule has 4 rings (SSSR count). The van der Waals surface area contributed by atoms with Gasteiger partial charge in [0.2, 0.25) is 5.91 Å². The summed E-state index contributed by atoms with van der Waals surface area (Å²) in [5.41, 5.74) is 0.639. The number of amides is 1. The maximum Gasteiger partial charge on any atom is 0.264 e. The van der Waals surface area contributed by atoms with Crippen molar-refractivity contribution in [2.75, 3.05) is 20.9 Å². The van der Waals surface area contributed by atoms with Crippen LogP contribution in [0.25, 0.3) is 0 Å². The van der Waals surface area contributed by atoms with Gasteiger partial charge >= 0.3 is 0 Å². The molecule has 0 saturated heterocycles. The third kappa shape index (κ3) is 5.88. The van der Waals surface area contributed by atoms with E-state index in [0.29, 0.717) is 11.4 Å². The molecule has 0 aliphatic heterocycles. The fourth-order valence-corrected chi connectivity index (χ4v) is 5.75. The van der Waals surface area contributed by atoms with Crippen LogP contribution in [0, 0.1) is 0 Å². The molecule has 0 saturated carbocycles. The van der Waals surface area contributed by atoms with Gasteiger partial charge in [0.25, 0.3) is 20.0 Å². The van der Waals surface area contributed by atoms with E-state index in [2.05, 4.69) is 15.0 Å². The number of carbonyl (C=O) groups is 1. The van der Waals surface area contributed by atoms with Gasteiger partial charge in [0.05, 0.1) is 15.5 Å². The molecule has 0 unspecified atom stereocenters. The van der Waals surface area contributed by atoms with Crippen molar-refractivity contribution >= 4 is 43.1 Å². The number of rotatable bonds is 9. The number of hydrogen-bond acceptors (Lipinski definition) is 6. The Kier molecular flexibility index (Phi) is 7.32. The summed E-state index contributed by atoms with van der Waals surface area (Å²) < 4.78 is 55.1. The summed E-state index contributed by atoms with van der Waals surface area (Å²) in [7, 11) is -7.89. The van der Waals surface area contributed by atoms with Gasteiger partial charge in [-0.2, -0.15) is 0 Å². The average Bonchev–Trinajstić information content (AvgIpc) is 2.89. The van der Waals surface area contributed by atoms with E-state index in [0.717, 1.165) is 4.31 Å². The molecule has 0 radical (unpaired) electrons. The Balaban J connectivity index is 1.51. The van der Waals surface area contributed by atoms with Crippen molar-refractivity contribution in [1.29, 1.82) is 0 Å². The molecule has 9 nitrogen and oxygen atoms in total. The molecule has 0 aliphatic carbocycles. The molecule has 1 heterocycles. The number of para-hydroxylation sites is 1. The topological polar surface area (TPSA) is 126 Å². The van der Waals surface area contributed by atoms with Crippen LogP contribution in [0.3, 0.4) is 0 Å². The number of pyridine rings is 1. The van der Waals surface area contributed by atoms with Gasteiger partial charge in [-0.25, -0.2) is 21.8 Å². The standard InChI is InChI=1S/C25H22N4O5S2/c30-25(19-29(21-9-3-1-4-10-21)36(33,34)23-11-5-2-6-12-23)27-20-14-16-22(17-15-20)35(31,32)28-24-13-7-8-18-26-24/h1-18H,19H2,(H,26,28)(H,27,30). The van der Waals surface area contributed by atoms with Crippen molar-refractivity contribution in [2.24, 2.45) is 0 Å². The molecule has 0 atom stereocenters. The summed E-state index contributed by atoms with van der Waals surface area (Å²) in [6.07, 6.45) is 1.47. The monoisotopic (exact) mass is 522 g/mol. The molecule has 0 fully saturated rings. The van der Waals surface area contributed by atoms with Crippen LogP contribution in [0.15, 0.2) is 119 Å². The lowest BCUT2D eigenvalue weighted by Gasteiger charge is -2.24. The SMILES string of the molecule is O=C(CN(c1ccccc1)S(=O)(=O)c1ccccc1)Nc1ccc(S(=O)(=O)Nc2ccccn2)cc1. The van der Waals surface area contributed by atoms with E-state index >= 15 is 0 Å². The summed E-state index contributed by atoms with van der Waals surface area (Å²) in [4.78, 5) is 16.8. The van der Waals surface area contributed by atoms with Gasteiger partial charge in [-0.1, -0.05) is 42.5 Å². The molecular weight excluding hydrogens is 500 g/mol. The quantitative estimate of drug-likeness (QED) is 0.345. The van der Waals surface area contributed by atoms with E-state index in [-0.39, 0.29) is 15.6 Å². The molecule has 1 amide bonds. The fraction of sp³-hybridized carbons (Fsp3) is 0.0400. The lowest BCUT2D eigenvalue weighted by Crippen LogP contribution is -2.38. The van der Waals surface area contributed by atoms with E-state index in [4.69, 9.17) is 0 Å². The zero-order valence-electron chi connectivity index (χ0n) is 18.9. The Hall–Kier alpha value is -4.22. The van der Waals surface area contributed by atoms with Gasteiger partial charge in [0.1, 0.15) is 12.4 Å². The lowest BCUT2D eigenvalue weighted by molar-refractivity contribution is -0.114. The highest BCUT2D eigenvalue weighted by atomic mass is 32.2. The Morgan fingerprint density at radius 2 is 1.33 bits per heavy atom. The highest BCUT2D eigenvalue weighted by molar-refractivity contribution is 7.93. The smallest absolute Gasteiger partial charge is 0.264 e. The van der Waals surface area contributed by atoms with E-state index in [1.54, 1.807) is 60.7 Å². The molecule has 4 aromatic rings. The van der Waals surface area contributed by atoms with Crippen molar-refractivity contribution in [2.45, 2.75) is 9.79 Å². The van der Waals surface area contributed by atoms with Crippen molar-refractivity contribution in [3.8, 4) is 0 Å². The highest BCUT2D eigenvalue weighted by Crippen LogP contribution is 2.24. The van der Waals surface area contributed by atoms with Crippen LogP contribution in [0.5, 0.6) is 0 Å². The van der Waals surface area contributed by atoms with Gasteiger partial charge in [0.15, 0.2) is 0 Å². The first-order valence-corrected chi connectivity index (χ1v) is 13.6. The number of benzene rings is 3. The Morgan fingerprint density at radius 3 is 1.94 bits per heavy atom. The van der Waals surface area contributed by atoms with Crippen molar-refractivity contribution < 1.29 is 21.6 Å². The Labute approximate surface area is 209 Å². The number of nitrogens with one attached hydrogen (secondary N) is 2. The maximum atomic E-state index is 13.3. The first-order valence-electron chi connectivity index (χ1n) is 10.7. The minimum Gasteiger partial charge on any atom is -0.325 e. The lowest BCUT2D eigenvalue weighted by atomic mass is 10.3. The summed E-state index contributed by atoms with van der Waals surface area (Å²) in [5.74, 6) is -0.420. The first-order chi connectivity index (χ1) is 17.3. The summed E-state index contributed by atoms with van der Waals surface area (Å²) in [5, 5.41) is 2.62. The Bertz CT molecular complexity index is 1530. The van der Waals surface area contributed by atoms with Crippen LogP contribution in [0.4, 0.5) is 17.2 Å². The minimum atomic E-state index is -4.02. The molecule has 36 heavy (non-hydrogen) atoms. The normalized spacial score (nSPS) is 11.4.